The van der Waals surface area contributed by atoms with E-state index >= 15 is 0 Å². The molecular weight excluding hydrogens is 210 g/mol. The van der Waals surface area contributed by atoms with Crippen LogP contribution in [0.3, 0.4) is 0 Å². The lowest BCUT2D eigenvalue weighted by Crippen LogP contribution is -2.01. The zero-order valence-electron chi connectivity index (χ0n) is 8.44. The molecule has 3 nitrogen and oxygen atoms in total. The van der Waals surface area contributed by atoms with Crippen molar-refractivity contribution in [2.45, 2.75) is 6.42 Å². The van der Waals surface area contributed by atoms with Crippen LogP contribution in [0.5, 0.6) is 0 Å². The van der Waals surface area contributed by atoms with Crippen LogP contribution in [0, 0.1) is 0 Å². The van der Waals surface area contributed by atoms with Gasteiger partial charge in [-0.05, 0) is 17.7 Å². The second kappa shape index (κ2) is 3.95. The lowest BCUT2D eigenvalue weighted by atomic mass is 10.1. The molecule has 0 bridgehead atoms. The molecule has 0 radical (unpaired) electrons. The van der Waals surface area contributed by atoms with Crippen molar-refractivity contribution in [1.82, 2.24) is 9.78 Å². The fourth-order valence-corrected chi connectivity index (χ4v) is 1.70. The molecule has 0 aliphatic rings. The molecule has 2 rings (SSSR count). The average molecular weight is 222 g/mol. The normalized spacial score (nSPS) is 10.5. The Hall–Kier alpha value is -1.48. The number of hydrogen-bond acceptors (Lipinski definition) is 2. The summed E-state index contributed by atoms with van der Waals surface area (Å²) < 4.78 is 1.83. The van der Waals surface area contributed by atoms with Crippen molar-refractivity contribution in [3.8, 4) is 0 Å². The minimum atomic E-state index is 0.606. The van der Waals surface area contributed by atoms with Gasteiger partial charge in [0, 0.05) is 25.4 Å². The van der Waals surface area contributed by atoms with Crippen LogP contribution in [0.15, 0.2) is 30.5 Å². The highest BCUT2D eigenvalue weighted by molar-refractivity contribution is 6.33. The number of nitrogen functional groups attached to an aromatic ring is 1. The first kappa shape index (κ1) is 10.1. The van der Waals surface area contributed by atoms with E-state index in [4.69, 9.17) is 17.3 Å². The van der Waals surface area contributed by atoms with E-state index in [0.29, 0.717) is 10.7 Å². The van der Waals surface area contributed by atoms with Crippen LogP contribution >= 0.6 is 11.6 Å². The first-order valence-corrected chi connectivity index (χ1v) is 5.06. The van der Waals surface area contributed by atoms with Crippen molar-refractivity contribution in [2.24, 2.45) is 7.05 Å². The molecule has 2 N–H and O–H groups in total. The van der Waals surface area contributed by atoms with E-state index in [2.05, 4.69) is 5.10 Å². The number of nitrogens with two attached hydrogens (primary N) is 1. The maximum absolute atomic E-state index is 5.95. The van der Waals surface area contributed by atoms with Crippen LogP contribution in [0.2, 0.25) is 5.02 Å². The third-order valence-electron chi connectivity index (χ3n) is 2.44. The summed E-state index contributed by atoms with van der Waals surface area (Å²) >= 11 is 5.95. The molecule has 4 heteroatoms. The van der Waals surface area contributed by atoms with E-state index in [0.717, 1.165) is 17.7 Å². The van der Waals surface area contributed by atoms with Gasteiger partial charge in [-0.3, -0.25) is 4.68 Å². The van der Waals surface area contributed by atoms with Crippen LogP contribution in [0.1, 0.15) is 11.3 Å². The largest absolute Gasteiger partial charge is 0.397 e. The van der Waals surface area contributed by atoms with E-state index in [1.807, 2.05) is 29.9 Å². The molecule has 0 saturated heterocycles. The maximum Gasteiger partial charge on any atom is 0.0638 e. The number of nitrogens with zero attached hydrogens (tertiary/aromatic N) is 2. The first-order valence-electron chi connectivity index (χ1n) is 4.68. The molecule has 1 aromatic carbocycles. The van der Waals surface area contributed by atoms with Crippen molar-refractivity contribution < 1.29 is 0 Å². The highest BCUT2D eigenvalue weighted by atomic mass is 35.5. The van der Waals surface area contributed by atoms with E-state index in [-0.39, 0.29) is 0 Å². The Morgan fingerprint density at radius 3 is 2.87 bits per heavy atom. The van der Waals surface area contributed by atoms with E-state index in [1.165, 1.54) is 0 Å². The van der Waals surface area contributed by atoms with Gasteiger partial charge >= 0.3 is 0 Å². The van der Waals surface area contributed by atoms with Crippen LogP contribution in [-0.4, -0.2) is 9.78 Å². The maximum atomic E-state index is 5.95. The molecule has 2 aromatic rings. The Balaban J connectivity index is 2.33. The van der Waals surface area contributed by atoms with Gasteiger partial charge in [0.15, 0.2) is 0 Å². The average Bonchev–Trinajstić information content (AvgIpc) is 2.60. The Bertz CT molecular complexity index is 476. The van der Waals surface area contributed by atoms with Gasteiger partial charge in [-0.15, -0.1) is 0 Å². The third kappa shape index (κ3) is 1.97. The summed E-state index contributed by atoms with van der Waals surface area (Å²) in [4.78, 5) is 0. The smallest absolute Gasteiger partial charge is 0.0638 e. The number of benzene rings is 1. The number of para-hydroxylation sites is 1. The van der Waals surface area contributed by atoms with Gasteiger partial charge in [0.1, 0.15) is 0 Å². The number of aryl methyl sites for hydroxylation is 1. The van der Waals surface area contributed by atoms with Crippen molar-refractivity contribution in [3.05, 3.63) is 46.7 Å². The minimum Gasteiger partial charge on any atom is -0.397 e. The van der Waals surface area contributed by atoms with E-state index in [1.54, 1.807) is 12.3 Å². The molecule has 0 unspecified atom stereocenters. The fourth-order valence-electron chi connectivity index (χ4n) is 1.51. The summed E-state index contributed by atoms with van der Waals surface area (Å²) in [6.07, 6.45) is 2.53. The summed E-state index contributed by atoms with van der Waals surface area (Å²) in [6, 6.07) is 7.66. The number of anilines is 1. The van der Waals surface area contributed by atoms with Gasteiger partial charge in [-0.1, -0.05) is 23.7 Å². The second-order valence-corrected chi connectivity index (χ2v) is 3.84. The number of halogens is 1. The summed E-state index contributed by atoms with van der Waals surface area (Å²) in [5.41, 5.74) is 8.69. The highest BCUT2D eigenvalue weighted by Gasteiger charge is 2.06. The molecule has 0 aliphatic heterocycles. The van der Waals surface area contributed by atoms with Crippen molar-refractivity contribution in [1.29, 1.82) is 0 Å². The summed E-state index contributed by atoms with van der Waals surface area (Å²) in [6.45, 7) is 0. The molecule has 0 saturated carbocycles. The molecule has 0 aliphatic carbocycles. The van der Waals surface area contributed by atoms with Crippen molar-refractivity contribution >= 4 is 17.3 Å². The molecule has 1 heterocycles. The highest BCUT2D eigenvalue weighted by Crippen LogP contribution is 2.24. The second-order valence-electron chi connectivity index (χ2n) is 3.44. The predicted octanol–water partition coefficient (Wildman–Crippen LogP) is 2.25. The van der Waals surface area contributed by atoms with Crippen molar-refractivity contribution in [3.63, 3.8) is 0 Å². The van der Waals surface area contributed by atoms with Gasteiger partial charge in [0.25, 0.3) is 0 Å². The lowest BCUT2D eigenvalue weighted by molar-refractivity contribution is 0.724. The number of hydrogen-bond donors (Lipinski definition) is 1. The predicted molar refractivity (Wildman–Crippen MR) is 61.9 cm³/mol. The summed E-state index contributed by atoms with van der Waals surface area (Å²) in [5.74, 6) is 0. The van der Waals surface area contributed by atoms with Gasteiger partial charge in [0.2, 0.25) is 0 Å². The quantitative estimate of drug-likeness (QED) is 0.791. The van der Waals surface area contributed by atoms with E-state index < -0.39 is 0 Å². The van der Waals surface area contributed by atoms with Crippen LogP contribution < -0.4 is 5.73 Å². The lowest BCUT2D eigenvalue weighted by Gasteiger charge is -2.07. The molecule has 15 heavy (non-hydrogen) atoms. The summed E-state index contributed by atoms with van der Waals surface area (Å²) in [7, 11) is 1.91. The topological polar surface area (TPSA) is 43.8 Å². The SMILES string of the molecule is Cn1nccc1Cc1cccc(Cl)c1N. The van der Waals surface area contributed by atoms with Gasteiger partial charge in [0.05, 0.1) is 10.7 Å². The molecule has 0 amide bonds. The minimum absolute atomic E-state index is 0.606. The van der Waals surface area contributed by atoms with Crippen molar-refractivity contribution in [2.75, 3.05) is 5.73 Å². The Morgan fingerprint density at radius 2 is 2.20 bits per heavy atom. The Labute approximate surface area is 93.5 Å². The zero-order valence-corrected chi connectivity index (χ0v) is 9.20. The van der Waals surface area contributed by atoms with Crippen LogP contribution in [0.4, 0.5) is 5.69 Å². The first-order chi connectivity index (χ1) is 7.18. The number of aromatic nitrogens is 2. The molecule has 0 atom stereocenters. The monoisotopic (exact) mass is 221 g/mol. The zero-order chi connectivity index (χ0) is 10.8. The summed E-state index contributed by atoms with van der Waals surface area (Å²) in [5, 5.41) is 4.71. The molecule has 78 valence electrons. The van der Waals surface area contributed by atoms with E-state index in [9.17, 15) is 0 Å². The standard InChI is InChI=1S/C11H12ClN3/c1-15-9(5-6-14-15)7-8-3-2-4-10(12)11(8)13/h2-6H,7,13H2,1H3. The molecule has 0 fully saturated rings. The van der Waals surface area contributed by atoms with Crippen LogP contribution in [0.25, 0.3) is 0 Å². The fraction of sp³-hybridized carbons (Fsp3) is 0.182. The Kier molecular flexibility index (Phi) is 2.64. The third-order valence-corrected chi connectivity index (χ3v) is 2.77. The van der Waals surface area contributed by atoms with Crippen LogP contribution in [-0.2, 0) is 13.5 Å². The van der Waals surface area contributed by atoms with Gasteiger partial charge in [-0.25, -0.2) is 0 Å². The number of rotatable bonds is 2. The van der Waals surface area contributed by atoms with Gasteiger partial charge < -0.3 is 5.73 Å². The van der Waals surface area contributed by atoms with Gasteiger partial charge in [-0.2, -0.15) is 5.10 Å². The molecule has 0 spiro atoms. The molecular formula is C11H12ClN3. The Morgan fingerprint density at radius 1 is 1.40 bits per heavy atom. The molecule has 1 aromatic heterocycles.